The van der Waals surface area contributed by atoms with Gasteiger partial charge in [-0.3, -0.25) is 0 Å². The average Bonchev–Trinajstić information content (AvgIpc) is 2.38. The minimum atomic E-state index is 0.808. The molecule has 0 aliphatic carbocycles. The molecular formula is C15H33N3. The SMILES string of the molecule is CCCCCCNCCN(C)C1CCN(C)CC1. The molecule has 0 aromatic carbocycles. The third-order valence-electron chi connectivity index (χ3n) is 4.16. The van der Waals surface area contributed by atoms with E-state index in [0.29, 0.717) is 0 Å². The van der Waals surface area contributed by atoms with Crippen LogP contribution in [0.4, 0.5) is 0 Å². The summed E-state index contributed by atoms with van der Waals surface area (Å²) in [5.41, 5.74) is 0. The minimum absolute atomic E-state index is 0.808. The van der Waals surface area contributed by atoms with Gasteiger partial charge in [-0.2, -0.15) is 0 Å². The van der Waals surface area contributed by atoms with Gasteiger partial charge in [-0.25, -0.2) is 0 Å². The van der Waals surface area contributed by atoms with Crippen LogP contribution in [0.25, 0.3) is 0 Å². The van der Waals surface area contributed by atoms with Gasteiger partial charge in [-0.05, 0) is 53.0 Å². The number of hydrogen-bond donors (Lipinski definition) is 1. The maximum Gasteiger partial charge on any atom is 0.0117 e. The molecule has 1 rings (SSSR count). The normalized spacial score (nSPS) is 18.7. The zero-order valence-electron chi connectivity index (χ0n) is 12.7. The predicted octanol–water partition coefficient (Wildman–Crippen LogP) is 2.18. The van der Waals surface area contributed by atoms with Gasteiger partial charge in [0.2, 0.25) is 0 Å². The molecule has 0 bridgehead atoms. The molecule has 0 spiro atoms. The van der Waals surface area contributed by atoms with E-state index < -0.39 is 0 Å². The van der Waals surface area contributed by atoms with Crippen LogP contribution < -0.4 is 5.32 Å². The van der Waals surface area contributed by atoms with E-state index in [9.17, 15) is 0 Å². The molecule has 0 aromatic heterocycles. The van der Waals surface area contributed by atoms with E-state index in [2.05, 4.69) is 36.1 Å². The second-order valence-electron chi connectivity index (χ2n) is 5.83. The monoisotopic (exact) mass is 255 g/mol. The van der Waals surface area contributed by atoms with Crippen molar-refractivity contribution >= 4 is 0 Å². The molecule has 0 aromatic rings. The molecular weight excluding hydrogens is 222 g/mol. The highest BCUT2D eigenvalue weighted by Gasteiger charge is 2.19. The Morgan fingerprint density at radius 2 is 1.83 bits per heavy atom. The van der Waals surface area contributed by atoms with Crippen LogP contribution >= 0.6 is 0 Å². The van der Waals surface area contributed by atoms with E-state index in [1.54, 1.807) is 0 Å². The molecule has 0 radical (unpaired) electrons. The van der Waals surface area contributed by atoms with Crippen LogP contribution in [0.1, 0.15) is 45.4 Å². The van der Waals surface area contributed by atoms with Gasteiger partial charge in [0.1, 0.15) is 0 Å². The Balaban J connectivity index is 1.95. The molecule has 3 heteroatoms. The van der Waals surface area contributed by atoms with Crippen molar-refractivity contribution in [1.82, 2.24) is 15.1 Å². The van der Waals surface area contributed by atoms with Crippen molar-refractivity contribution in [3.63, 3.8) is 0 Å². The first kappa shape index (κ1) is 15.9. The van der Waals surface area contributed by atoms with E-state index in [4.69, 9.17) is 0 Å². The van der Waals surface area contributed by atoms with Crippen molar-refractivity contribution in [3.05, 3.63) is 0 Å². The van der Waals surface area contributed by atoms with Gasteiger partial charge in [0, 0.05) is 19.1 Å². The zero-order valence-corrected chi connectivity index (χ0v) is 12.7. The Hall–Kier alpha value is -0.120. The standard InChI is InChI=1S/C15H33N3/c1-4-5-6-7-10-16-11-14-18(3)15-8-12-17(2)13-9-15/h15-16H,4-14H2,1-3H3. The summed E-state index contributed by atoms with van der Waals surface area (Å²) in [6.45, 7) is 8.33. The molecule has 1 N–H and O–H groups in total. The maximum atomic E-state index is 3.57. The first-order valence-electron chi connectivity index (χ1n) is 7.83. The highest BCUT2D eigenvalue weighted by Crippen LogP contribution is 2.13. The molecule has 0 unspecified atom stereocenters. The summed E-state index contributed by atoms with van der Waals surface area (Å²) in [6, 6.07) is 0.808. The number of nitrogens with zero attached hydrogens (tertiary/aromatic N) is 2. The van der Waals surface area contributed by atoms with Crippen molar-refractivity contribution in [2.24, 2.45) is 0 Å². The summed E-state index contributed by atoms with van der Waals surface area (Å²) < 4.78 is 0. The van der Waals surface area contributed by atoms with Gasteiger partial charge < -0.3 is 15.1 Å². The van der Waals surface area contributed by atoms with Crippen molar-refractivity contribution in [3.8, 4) is 0 Å². The van der Waals surface area contributed by atoms with Crippen LogP contribution in [0, 0.1) is 0 Å². The quantitative estimate of drug-likeness (QED) is 0.637. The molecule has 3 nitrogen and oxygen atoms in total. The maximum absolute atomic E-state index is 3.57. The molecule has 0 amide bonds. The fraction of sp³-hybridized carbons (Fsp3) is 1.00. The lowest BCUT2D eigenvalue weighted by molar-refractivity contribution is 0.145. The first-order valence-corrected chi connectivity index (χ1v) is 7.83. The molecule has 0 atom stereocenters. The summed E-state index contributed by atoms with van der Waals surface area (Å²) >= 11 is 0. The Bertz CT molecular complexity index is 188. The van der Waals surface area contributed by atoms with E-state index in [1.807, 2.05) is 0 Å². The lowest BCUT2D eigenvalue weighted by Crippen LogP contribution is -2.44. The smallest absolute Gasteiger partial charge is 0.0117 e. The second-order valence-corrected chi connectivity index (χ2v) is 5.83. The van der Waals surface area contributed by atoms with Crippen molar-refractivity contribution in [1.29, 1.82) is 0 Å². The summed E-state index contributed by atoms with van der Waals surface area (Å²) in [6.07, 6.45) is 8.11. The first-order chi connectivity index (χ1) is 8.74. The van der Waals surface area contributed by atoms with Crippen LogP contribution in [0.3, 0.4) is 0 Å². The van der Waals surface area contributed by atoms with E-state index >= 15 is 0 Å². The number of rotatable bonds is 9. The topological polar surface area (TPSA) is 18.5 Å². The molecule has 1 aliphatic rings. The molecule has 1 saturated heterocycles. The third kappa shape index (κ3) is 6.72. The molecule has 1 aliphatic heterocycles. The number of likely N-dealkylation sites (tertiary alicyclic amines) is 1. The number of piperidine rings is 1. The summed E-state index contributed by atoms with van der Waals surface area (Å²) in [4.78, 5) is 4.99. The lowest BCUT2D eigenvalue weighted by atomic mass is 10.0. The van der Waals surface area contributed by atoms with Crippen LogP contribution in [-0.2, 0) is 0 Å². The number of likely N-dealkylation sites (N-methyl/N-ethyl adjacent to an activating group) is 1. The Kier molecular flexibility index (Phi) is 8.64. The van der Waals surface area contributed by atoms with Crippen molar-refractivity contribution in [2.45, 2.75) is 51.5 Å². The van der Waals surface area contributed by atoms with Crippen LogP contribution in [0.15, 0.2) is 0 Å². The third-order valence-corrected chi connectivity index (χ3v) is 4.16. The predicted molar refractivity (Wildman–Crippen MR) is 80.2 cm³/mol. The lowest BCUT2D eigenvalue weighted by Gasteiger charge is -2.35. The van der Waals surface area contributed by atoms with E-state index in [-0.39, 0.29) is 0 Å². The minimum Gasteiger partial charge on any atom is -0.315 e. The number of hydrogen-bond acceptors (Lipinski definition) is 3. The van der Waals surface area contributed by atoms with Crippen molar-refractivity contribution < 1.29 is 0 Å². The van der Waals surface area contributed by atoms with Crippen LogP contribution in [0.2, 0.25) is 0 Å². The van der Waals surface area contributed by atoms with Gasteiger partial charge in [0.25, 0.3) is 0 Å². The number of unbranched alkanes of at least 4 members (excludes halogenated alkanes) is 3. The fourth-order valence-corrected chi connectivity index (χ4v) is 2.68. The van der Waals surface area contributed by atoms with E-state index in [1.165, 1.54) is 64.7 Å². The average molecular weight is 255 g/mol. The highest BCUT2D eigenvalue weighted by molar-refractivity contribution is 4.76. The summed E-state index contributed by atoms with van der Waals surface area (Å²) in [5, 5.41) is 3.57. The van der Waals surface area contributed by atoms with Crippen LogP contribution in [-0.4, -0.2) is 62.7 Å². The molecule has 18 heavy (non-hydrogen) atoms. The van der Waals surface area contributed by atoms with Crippen molar-refractivity contribution in [2.75, 3.05) is 46.8 Å². The highest BCUT2D eigenvalue weighted by atomic mass is 15.2. The molecule has 1 fully saturated rings. The zero-order chi connectivity index (χ0) is 13.2. The van der Waals surface area contributed by atoms with Gasteiger partial charge in [-0.1, -0.05) is 26.2 Å². The Labute approximate surface area is 114 Å². The molecule has 1 heterocycles. The van der Waals surface area contributed by atoms with Gasteiger partial charge in [0.15, 0.2) is 0 Å². The Morgan fingerprint density at radius 3 is 2.50 bits per heavy atom. The number of nitrogens with one attached hydrogen (secondary N) is 1. The fourth-order valence-electron chi connectivity index (χ4n) is 2.68. The summed E-state index contributed by atoms with van der Waals surface area (Å²) in [7, 11) is 4.52. The van der Waals surface area contributed by atoms with Crippen LogP contribution in [0.5, 0.6) is 0 Å². The van der Waals surface area contributed by atoms with Gasteiger partial charge in [0.05, 0.1) is 0 Å². The second kappa shape index (κ2) is 9.76. The van der Waals surface area contributed by atoms with Gasteiger partial charge >= 0.3 is 0 Å². The van der Waals surface area contributed by atoms with E-state index in [0.717, 1.165) is 12.6 Å². The molecule has 108 valence electrons. The Morgan fingerprint density at radius 1 is 1.11 bits per heavy atom. The summed E-state index contributed by atoms with van der Waals surface area (Å²) in [5.74, 6) is 0. The molecule has 0 saturated carbocycles. The van der Waals surface area contributed by atoms with Gasteiger partial charge in [-0.15, -0.1) is 0 Å². The largest absolute Gasteiger partial charge is 0.315 e.